The van der Waals surface area contributed by atoms with Crippen molar-refractivity contribution in [1.82, 2.24) is 0 Å². The van der Waals surface area contributed by atoms with Gasteiger partial charge < -0.3 is 14.6 Å². The topological polar surface area (TPSA) is 55.8 Å². The van der Waals surface area contributed by atoms with Crippen molar-refractivity contribution in [3.63, 3.8) is 0 Å². The summed E-state index contributed by atoms with van der Waals surface area (Å²) in [7, 11) is 0. The Morgan fingerprint density at radius 3 is 2.57 bits per heavy atom. The van der Waals surface area contributed by atoms with Crippen LogP contribution >= 0.6 is 0 Å². The van der Waals surface area contributed by atoms with E-state index in [1.165, 1.54) is 12.8 Å². The van der Waals surface area contributed by atoms with Gasteiger partial charge in [0.25, 0.3) is 5.97 Å². The summed E-state index contributed by atoms with van der Waals surface area (Å²) < 4.78 is 10.7. The molecule has 1 fully saturated rings. The van der Waals surface area contributed by atoms with Crippen molar-refractivity contribution in [3.8, 4) is 0 Å². The number of hydrogen-bond donors (Lipinski definition) is 1. The fraction of sp³-hybridized carbons (Fsp3) is 0.900. The van der Waals surface area contributed by atoms with Gasteiger partial charge in [0.1, 0.15) is 0 Å². The van der Waals surface area contributed by atoms with Crippen LogP contribution < -0.4 is 0 Å². The second kappa shape index (κ2) is 8.97. The maximum absolute atomic E-state index is 9.00. The third-order valence-corrected chi connectivity index (χ3v) is 1.76. The van der Waals surface area contributed by atoms with E-state index in [2.05, 4.69) is 6.92 Å². The number of carboxylic acid groups (broad SMARTS) is 1. The van der Waals surface area contributed by atoms with Gasteiger partial charge in [-0.1, -0.05) is 19.8 Å². The highest BCUT2D eigenvalue weighted by Gasteiger charge is 2.12. The molecule has 0 aromatic heterocycles. The zero-order valence-electron chi connectivity index (χ0n) is 8.99. The molecule has 1 aliphatic heterocycles. The van der Waals surface area contributed by atoms with Crippen LogP contribution in [0.5, 0.6) is 0 Å². The largest absolute Gasteiger partial charge is 0.481 e. The van der Waals surface area contributed by atoms with E-state index < -0.39 is 5.97 Å². The van der Waals surface area contributed by atoms with Gasteiger partial charge in [-0.25, -0.2) is 0 Å². The molecule has 1 aliphatic rings. The zero-order valence-corrected chi connectivity index (χ0v) is 8.99. The maximum Gasteiger partial charge on any atom is 0.300 e. The van der Waals surface area contributed by atoms with Gasteiger partial charge in [0.05, 0.1) is 25.9 Å². The molecule has 0 aromatic carbocycles. The minimum atomic E-state index is -0.833. The first-order valence-electron chi connectivity index (χ1n) is 5.05. The van der Waals surface area contributed by atoms with Crippen molar-refractivity contribution in [2.75, 3.05) is 19.8 Å². The normalized spacial score (nSPS) is 20.9. The number of rotatable bonds is 3. The first-order chi connectivity index (χ1) is 6.66. The lowest BCUT2D eigenvalue weighted by atomic mass is 10.2. The monoisotopic (exact) mass is 204 g/mol. The second-order valence-corrected chi connectivity index (χ2v) is 3.23. The molecule has 14 heavy (non-hydrogen) atoms. The van der Waals surface area contributed by atoms with Crippen LogP contribution in [0.2, 0.25) is 0 Å². The standard InChI is InChI=1S/C8H16O2.C2H4O2/c1-2-3-4-8-7-9-5-6-10-8;1-2(3)4/h8H,2-7H2,1H3;1H3,(H,3,4). The zero-order chi connectivity index (χ0) is 10.8. The highest BCUT2D eigenvalue weighted by Crippen LogP contribution is 2.08. The van der Waals surface area contributed by atoms with Crippen molar-refractivity contribution in [3.05, 3.63) is 0 Å². The van der Waals surface area contributed by atoms with Gasteiger partial charge in [-0.2, -0.15) is 0 Å². The van der Waals surface area contributed by atoms with E-state index in [4.69, 9.17) is 19.4 Å². The molecule has 4 nitrogen and oxygen atoms in total. The van der Waals surface area contributed by atoms with Crippen LogP contribution in [0.3, 0.4) is 0 Å². The first kappa shape index (κ1) is 13.4. The lowest BCUT2D eigenvalue weighted by Crippen LogP contribution is -2.28. The average Bonchev–Trinajstić information content (AvgIpc) is 2.15. The molecule has 1 unspecified atom stereocenters. The highest BCUT2D eigenvalue weighted by atomic mass is 16.6. The molecule has 1 rings (SSSR count). The van der Waals surface area contributed by atoms with E-state index >= 15 is 0 Å². The third-order valence-electron chi connectivity index (χ3n) is 1.76. The van der Waals surface area contributed by atoms with Gasteiger partial charge in [-0.15, -0.1) is 0 Å². The Labute approximate surface area is 85.2 Å². The third kappa shape index (κ3) is 9.48. The quantitative estimate of drug-likeness (QED) is 0.760. The van der Waals surface area contributed by atoms with Crippen LogP contribution in [-0.2, 0) is 14.3 Å². The summed E-state index contributed by atoms with van der Waals surface area (Å²) >= 11 is 0. The van der Waals surface area contributed by atoms with E-state index in [1.807, 2.05) is 0 Å². The Hall–Kier alpha value is -0.610. The van der Waals surface area contributed by atoms with Gasteiger partial charge in [0.2, 0.25) is 0 Å². The molecule has 84 valence electrons. The van der Waals surface area contributed by atoms with E-state index in [9.17, 15) is 0 Å². The molecule has 0 radical (unpaired) electrons. The fourth-order valence-electron chi connectivity index (χ4n) is 1.14. The van der Waals surface area contributed by atoms with Crippen LogP contribution in [0.15, 0.2) is 0 Å². The minimum Gasteiger partial charge on any atom is -0.481 e. The van der Waals surface area contributed by atoms with Gasteiger partial charge in [0.15, 0.2) is 0 Å². The predicted molar refractivity (Wildman–Crippen MR) is 53.4 cm³/mol. The second-order valence-electron chi connectivity index (χ2n) is 3.23. The molecule has 0 bridgehead atoms. The van der Waals surface area contributed by atoms with Gasteiger partial charge in [-0.05, 0) is 6.42 Å². The van der Waals surface area contributed by atoms with Crippen LogP contribution in [-0.4, -0.2) is 37.0 Å². The molecule has 1 heterocycles. The van der Waals surface area contributed by atoms with Crippen molar-refractivity contribution >= 4 is 5.97 Å². The van der Waals surface area contributed by atoms with E-state index in [-0.39, 0.29) is 0 Å². The smallest absolute Gasteiger partial charge is 0.300 e. The maximum atomic E-state index is 9.00. The summed E-state index contributed by atoms with van der Waals surface area (Å²) in [5.74, 6) is -0.833. The predicted octanol–water partition coefficient (Wildman–Crippen LogP) is 1.68. The van der Waals surface area contributed by atoms with E-state index in [0.717, 1.165) is 33.2 Å². The Balaban J connectivity index is 0.000000364. The van der Waals surface area contributed by atoms with E-state index in [0.29, 0.717) is 6.10 Å². The van der Waals surface area contributed by atoms with Crippen molar-refractivity contribution in [1.29, 1.82) is 0 Å². The Kier molecular flexibility index (Phi) is 8.57. The number of aliphatic carboxylic acids is 1. The number of carbonyl (C=O) groups is 1. The molecule has 4 heteroatoms. The van der Waals surface area contributed by atoms with Crippen molar-refractivity contribution in [2.45, 2.75) is 39.2 Å². The minimum absolute atomic E-state index is 0.383. The molecule has 0 saturated carbocycles. The number of hydrogen-bond acceptors (Lipinski definition) is 3. The summed E-state index contributed by atoms with van der Waals surface area (Å²) in [6.07, 6.45) is 4.05. The summed E-state index contributed by atoms with van der Waals surface area (Å²) in [5, 5.41) is 7.42. The first-order valence-corrected chi connectivity index (χ1v) is 5.05. The Morgan fingerprint density at radius 2 is 2.14 bits per heavy atom. The number of carboxylic acids is 1. The van der Waals surface area contributed by atoms with Crippen LogP contribution in [0, 0.1) is 0 Å². The molecule has 1 saturated heterocycles. The lowest BCUT2D eigenvalue weighted by Gasteiger charge is -2.22. The van der Waals surface area contributed by atoms with Gasteiger partial charge in [0, 0.05) is 6.92 Å². The molecular formula is C10H20O4. The lowest BCUT2D eigenvalue weighted by molar-refractivity contribution is -0.134. The molecule has 0 aromatic rings. The molecule has 0 spiro atoms. The summed E-state index contributed by atoms with van der Waals surface area (Å²) in [5.41, 5.74) is 0. The molecule has 1 atom stereocenters. The summed E-state index contributed by atoms with van der Waals surface area (Å²) in [4.78, 5) is 9.00. The molecule has 1 N–H and O–H groups in total. The van der Waals surface area contributed by atoms with Crippen molar-refractivity contribution < 1.29 is 19.4 Å². The van der Waals surface area contributed by atoms with E-state index in [1.54, 1.807) is 0 Å². The summed E-state index contributed by atoms with van der Waals surface area (Å²) in [6.45, 7) is 5.65. The Bertz CT molecular complexity index is 137. The van der Waals surface area contributed by atoms with Crippen molar-refractivity contribution in [2.24, 2.45) is 0 Å². The molecule has 0 amide bonds. The molecular weight excluding hydrogens is 184 g/mol. The fourth-order valence-corrected chi connectivity index (χ4v) is 1.14. The van der Waals surface area contributed by atoms with Crippen LogP contribution in [0.1, 0.15) is 33.1 Å². The molecule has 0 aliphatic carbocycles. The Morgan fingerprint density at radius 1 is 1.50 bits per heavy atom. The summed E-state index contributed by atoms with van der Waals surface area (Å²) in [6, 6.07) is 0. The highest BCUT2D eigenvalue weighted by molar-refractivity contribution is 5.62. The van der Waals surface area contributed by atoms with Gasteiger partial charge >= 0.3 is 0 Å². The number of ether oxygens (including phenoxy) is 2. The SMILES string of the molecule is CC(=O)O.CCCCC1COCCO1. The van der Waals surface area contributed by atoms with Crippen LogP contribution in [0.4, 0.5) is 0 Å². The van der Waals surface area contributed by atoms with Crippen LogP contribution in [0.25, 0.3) is 0 Å². The van der Waals surface area contributed by atoms with Gasteiger partial charge in [-0.3, -0.25) is 4.79 Å². The number of unbranched alkanes of at least 4 members (excludes halogenated alkanes) is 1. The average molecular weight is 204 g/mol.